The fourth-order valence-corrected chi connectivity index (χ4v) is 2.32. The van der Waals surface area contributed by atoms with Gasteiger partial charge in [0.1, 0.15) is 5.75 Å². The molecule has 0 spiro atoms. The minimum Gasteiger partial charge on any atom is -0.497 e. The van der Waals surface area contributed by atoms with Crippen LogP contribution in [0, 0.1) is 0 Å². The van der Waals surface area contributed by atoms with Crippen molar-refractivity contribution < 1.29 is 13.2 Å². The third kappa shape index (κ3) is 3.74. The molecule has 0 atom stereocenters. The average Bonchev–Trinajstić information content (AvgIpc) is 2.85. The van der Waals surface area contributed by atoms with Crippen LogP contribution in [0.4, 0.5) is 5.69 Å². The summed E-state index contributed by atoms with van der Waals surface area (Å²) in [6, 6.07) is 7.64. The van der Waals surface area contributed by atoms with E-state index in [1.807, 2.05) is 24.3 Å². The molecule has 0 aliphatic heterocycles. The van der Waals surface area contributed by atoms with Crippen molar-refractivity contribution in [2.45, 2.75) is 13.5 Å². The summed E-state index contributed by atoms with van der Waals surface area (Å²) in [6.07, 6.45) is 3.15. The van der Waals surface area contributed by atoms with Crippen LogP contribution in [0.3, 0.4) is 0 Å². The van der Waals surface area contributed by atoms with Crippen LogP contribution < -0.4 is 9.46 Å². The molecule has 0 bridgehead atoms. The lowest BCUT2D eigenvalue weighted by Crippen LogP contribution is -2.14. The number of sulfonamides is 1. The van der Waals surface area contributed by atoms with Crippen LogP contribution in [0.25, 0.3) is 0 Å². The maximum Gasteiger partial charge on any atom is 0.232 e. The van der Waals surface area contributed by atoms with Crippen LogP contribution in [-0.2, 0) is 16.6 Å². The fraction of sp³-hybridized carbons (Fsp3) is 0.308. The molecule has 2 aromatic rings. The van der Waals surface area contributed by atoms with Gasteiger partial charge in [-0.3, -0.25) is 9.40 Å². The highest BCUT2D eigenvalue weighted by Crippen LogP contribution is 2.14. The summed E-state index contributed by atoms with van der Waals surface area (Å²) in [5.74, 6) is 0.815. The van der Waals surface area contributed by atoms with E-state index in [0.29, 0.717) is 12.2 Å². The van der Waals surface area contributed by atoms with E-state index >= 15 is 0 Å². The maximum absolute atomic E-state index is 11.5. The van der Waals surface area contributed by atoms with Crippen LogP contribution in [0.2, 0.25) is 0 Å². The summed E-state index contributed by atoms with van der Waals surface area (Å²) in [5.41, 5.74) is 1.49. The van der Waals surface area contributed by atoms with Crippen LogP contribution >= 0.6 is 0 Å². The number of nitrogens with zero attached hydrogens (tertiary/aromatic N) is 2. The van der Waals surface area contributed by atoms with Crippen LogP contribution in [0.15, 0.2) is 36.7 Å². The Morgan fingerprint density at radius 2 is 2.20 bits per heavy atom. The minimum atomic E-state index is -3.27. The normalized spacial score (nSPS) is 11.3. The molecule has 1 N–H and O–H groups in total. The van der Waals surface area contributed by atoms with E-state index in [2.05, 4.69) is 9.82 Å². The van der Waals surface area contributed by atoms with Gasteiger partial charge in [0.25, 0.3) is 0 Å². The standard InChI is InChI=1S/C13H17N3O3S/c1-3-20(17,18)15-12-8-14-16(10-12)9-11-5-4-6-13(7-11)19-2/h4-8,10,15H,3,9H2,1-2H3. The molecule has 0 radical (unpaired) electrons. The second kappa shape index (κ2) is 5.96. The van der Waals surface area contributed by atoms with Gasteiger partial charge >= 0.3 is 0 Å². The summed E-state index contributed by atoms with van der Waals surface area (Å²) >= 11 is 0. The lowest BCUT2D eigenvalue weighted by Gasteiger charge is -2.05. The minimum absolute atomic E-state index is 0.0358. The van der Waals surface area contributed by atoms with Crippen LogP contribution in [0.5, 0.6) is 5.75 Å². The van der Waals surface area contributed by atoms with Gasteiger partial charge in [-0.1, -0.05) is 12.1 Å². The van der Waals surface area contributed by atoms with Crippen molar-refractivity contribution in [2.24, 2.45) is 0 Å². The molecular weight excluding hydrogens is 278 g/mol. The van der Waals surface area contributed by atoms with Crippen molar-refractivity contribution in [3.8, 4) is 5.75 Å². The predicted octanol–water partition coefficient (Wildman–Crippen LogP) is 1.70. The predicted molar refractivity (Wildman–Crippen MR) is 77.4 cm³/mol. The average molecular weight is 295 g/mol. The van der Waals surface area contributed by atoms with Gasteiger partial charge in [-0.15, -0.1) is 0 Å². The Balaban J connectivity index is 2.09. The van der Waals surface area contributed by atoms with E-state index in [0.717, 1.165) is 11.3 Å². The molecule has 0 aliphatic rings. The third-order valence-electron chi connectivity index (χ3n) is 2.77. The zero-order valence-corrected chi connectivity index (χ0v) is 12.2. The van der Waals surface area contributed by atoms with Gasteiger partial charge in [0.05, 0.1) is 31.3 Å². The Hall–Kier alpha value is -2.02. The molecule has 7 heteroatoms. The first-order chi connectivity index (χ1) is 9.52. The second-order valence-corrected chi connectivity index (χ2v) is 6.29. The number of ether oxygens (including phenoxy) is 1. The van der Waals surface area contributed by atoms with Crippen molar-refractivity contribution in [2.75, 3.05) is 17.6 Å². The smallest absolute Gasteiger partial charge is 0.232 e. The molecule has 6 nitrogen and oxygen atoms in total. The Bertz CT molecular complexity index is 680. The first-order valence-electron chi connectivity index (χ1n) is 6.18. The summed E-state index contributed by atoms with van der Waals surface area (Å²) in [6.45, 7) is 2.13. The Kier molecular flexibility index (Phi) is 4.29. The van der Waals surface area contributed by atoms with Gasteiger partial charge in [0.2, 0.25) is 10.0 Å². The SMILES string of the molecule is CCS(=O)(=O)Nc1cnn(Cc2cccc(OC)c2)c1. The zero-order valence-electron chi connectivity index (χ0n) is 11.4. The molecule has 0 aliphatic carbocycles. The van der Waals surface area contributed by atoms with Gasteiger partial charge in [-0.05, 0) is 24.6 Å². The Morgan fingerprint density at radius 1 is 1.40 bits per heavy atom. The van der Waals surface area contributed by atoms with Crippen molar-refractivity contribution in [1.82, 2.24) is 9.78 Å². The highest BCUT2D eigenvalue weighted by molar-refractivity contribution is 7.92. The van der Waals surface area contributed by atoms with E-state index < -0.39 is 10.0 Å². The number of anilines is 1. The lowest BCUT2D eigenvalue weighted by molar-refractivity contribution is 0.414. The van der Waals surface area contributed by atoms with Crippen molar-refractivity contribution >= 4 is 15.7 Å². The van der Waals surface area contributed by atoms with Crippen LogP contribution in [0.1, 0.15) is 12.5 Å². The van der Waals surface area contributed by atoms with Crippen molar-refractivity contribution in [3.05, 3.63) is 42.2 Å². The van der Waals surface area contributed by atoms with E-state index in [4.69, 9.17) is 4.74 Å². The van der Waals surface area contributed by atoms with Crippen molar-refractivity contribution in [3.63, 3.8) is 0 Å². The summed E-state index contributed by atoms with van der Waals surface area (Å²) in [4.78, 5) is 0. The van der Waals surface area contributed by atoms with E-state index in [-0.39, 0.29) is 5.75 Å². The summed E-state index contributed by atoms with van der Waals surface area (Å²) in [5, 5.41) is 4.13. The second-order valence-electron chi connectivity index (χ2n) is 4.28. The highest BCUT2D eigenvalue weighted by Gasteiger charge is 2.08. The Morgan fingerprint density at radius 3 is 2.90 bits per heavy atom. The monoisotopic (exact) mass is 295 g/mol. The zero-order chi connectivity index (χ0) is 14.6. The van der Waals surface area contributed by atoms with Gasteiger partial charge in [-0.2, -0.15) is 5.10 Å². The molecule has 0 unspecified atom stereocenters. The molecule has 0 saturated heterocycles. The quantitative estimate of drug-likeness (QED) is 0.880. The molecule has 1 aromatic carbocycles. The van der Waals surface area contributed by atoms with E-state index in [1.165, 1.54) is 6.20 Å². The van der Waals surface area contributed by atoms with Gasteiger partial charge in [0.15, 0.2) is 0 Å². The number of nitrogens with one attached hydrogen (secondary N) is 1. The van der Waals surface area contributed by atoms with Crippen LogP contribution in [-0.4, -0.2) is 31.1 Å². The molecule has 1 aromatic heterocycles. The largest absolute Gasteiger partial charge is 0.497 e. The number of benzene rings is 1. The molecule has 2 rings (SSSR count). The number of methoxy groups -OCH3 is 1. The number of aromatic nitrogens is 2. The topological polar surface area (TPSA) is 73.2 Å². The van der Waals surface area contributed by atoms with Gasteiger partial charge in [-0.25, -0.2) is 8.42 Å². The number of rotatable bonds is 6. The van der Waals surface area contributed by atoms with Gasteiger partial charge < -0.3 is 4.74 Å². The lowest BCUT2D eigenvalue weighted by atomic mass is 10.2. The first kappa shape index (κ1) is 14.4. The highest BCUT2D eigenvalue weighted by atomic mass is 32.2. The fourth-order valence-electron chi connectivity index (χ4n) is 1.71. The van der Waals surface area contributed by atoms with E-state index in [9.17, 15) is 8.42 Å². The van der Waals surface area contributed by atoms with Crippen molar-refractivity contribution in [1.29, 1.82) is 0 Å². The third-order valence-corrected chi connectivity index (χ3v) is 4.07. The molecule has 1 heterocycles. The first-order valence-corrected chi connectivity index (χ1v) is 7.83. The summed E-state index contributed by atoms with van der Waals surface area (Å²) < 4.78 is 32.2. The number of hydrogen-bond acceptors (Lipinski definition) is 4. The van der Waals surface area contributed by atoms with E-state index in [1.54, 1.807) is 24.9 Å². The maximum atomic E-state index is 11.5. The molecule has 108 valence electrons. The van der Waals surface area contributed by atoms with Gasteiger partial charge in [0, 0.05) is 6.20 Å². The molecule has 0 amide bonds. The number of hydrogen-bond donors (Lipinski definition) is 1. The molecule has 20 heavy (non-hydrogen) atoms. The molecule has 0 saturated carbocycles. The summed E-state index contributed by atoms with van der Waals surface area (Å²) in [7, 11) is -1.65. The molecular formula is C13H17N3O3S. The molecule has 0 fully saturated rings. The Labute approximate surface area is 118 Å².